The lowest BCUT2D eigenvalue weighted by Crippen LogP contribution is -2.05. The van der Waals surface area contributed by atoms with E-state index in [1.165, 1.54) is 13.8 Å². The fraction of sp³-hybridized carbons (Fsp3) is 0.556. The predicted molar refractivity (Wildman–Crippen MR) is 54.4 cm³/mol. The van der Waals surface area contributed by atoms with E-state index in [4.69, 9.17) is 0 Å². The van der Waals surface area contributed by atoms with E-state index in [-0.39, 0.29) is 0 Å². The first kappa shape index (κ1) is 13.3. The van der Waals surface area contributed by atoms with E-state index in [9.17, 15) is 9.59 Å². The highest BCUT2D eigenvalue weighted by Gasteiger charge is 1.99. The van der Waals surface area contributed by atoms with Crippen molar-refractivity contribution in [3.63, 3.8) is 0 Å². The van der Waals surface area contributed by atoms with Crippen molar-refractivity contribution in [3.8, 4) is 0 Å². The molecule has 0 aromatic heterocycles. The van der Waals surface area contributed by atoms with E-state index < -0.39 is 11.9 Å². The maximum absolute atomic E-state index is 10.4. The van der Waals surface area contributed by atoms with Gasteiger partial charge in [0.1, 0.15) is 0 Å². The Balaban J connectivity index is 4.10. The van der Waals surface area contributed by atoms with Crippen LogP contribution in [0.3, 0.4) is 0 Å². The SMILES string of the molecule is CC(=O)ON=C(C)CC(C)=NOC(C)=O. The molecule has 0 aliphatic heterocycles. The first-order valence-electron chi connectivity index (χ1n) is 4.34. The highest BCUT2D eigenvalue weighted by Crippen LogP contribution is 1.93. The molecule has 0 saturated heterocycles. The van der Waals surface area contributed by atoms with Crippen LogP contribution in [0.4, 0.5) is 0 Å². The summed E-state index contributed by atoms with van der Waals surface area (Å²) < 4.78 is 0. The van der Waals surface area contributed by atoms with Gasteiger partial charge in [0.2, 0.25) is 0 Å². The monoisotopic (exact) mass is 214 g/mol. The van der Waals surface area contributed by atoms with Gasteiger partial charge in [0, 0.05) is 20.3 Å². The Kier molecular flexibility index (Phi) is 5.92. The maximum atomic E-state index is 10.4. The van der Waals surface area contributed by atoms with E-state index in [2.05, 4.69) is 20.0 Å². The molecule has 0 saturated carbocycles. The molecule has 0 fully saturated rings. The van der Waals surface area contributed by atoms with E-state index >= 15 is 0 Å². The summed E-state index contributed by atoms with van der Waals surface area (Å²) in [7, 11) is 0. The van der Waals surface area contributed by atoms with Crippen LogP contribution in [-0.2, 0) is 19.3 Å². The van der Waals surface area contributed by atoms with Crippen LogP contribution >= 0.6 is 0 Å². The standard InChI is InChI=1S/C9H14N2O4/c1-6(10-14-8(3)12)5-7(2)11-15-9(4)13/h5H2,1-4H3. The fourth-order valence-electron chi connectivity index (χ4n) is 0.719. The molecule has 6 heteroatoms. The van der Waals surface area contributed by atoms with Crippen LogP contribution < -0.4 is 0 Å². The molecule has 0 aromatic carbocycles. The van der Waals surface area contributed by atoms with Crippen molar-refractivity contribution in [2.75, 3.05) is 0 Å². The smallest absolute Gasteiger partial charge is 0.319 e. The van der Waals surface area contributed by atoms with Crippen molar-refractivity contribution in [2.45, 2.75) is 34.1 Å². The van der Waals surface area contributed by atoms with Gasteiger partial charge in [-0.2, -0.15) is 0 Å². The molecule has 0 spiro atoms. The van der Waals surface area contributed by atoms with Crippen molar-refractivity contribution < 1.29 is 19.3 Å². The number of nitrogens with zero attached hydrogens (tertiary/aromatic N) is 2. The molecule has 0 heterocycles. The fourth-order valence-corrected chi connectivity index (χ4v) is 0.719. The summed E-state index contributed by atoms with van der Waals surface area (Å²) in [5, 5.41) is 7.07. The van der Waals surface area contributed by atoms with Gasteiger partial charge in [-0.3, -0.25) is 0 Å². The second-order valence-corrected chi connectivity index (χ2v) is 3.00. The third-order valence-electron chi connectivity index (χ3n) is 1.17. The molecule has 84 valence electrons. The molecule has 0 rings (SSSR count). The maximum Gasteiger partial charge on any atom is 0.331 e. The third kappa shape index (κ3) is 8.61. The second-order valence-electron chi connectivity index (χ2n) is 3.00. The highest BCUT2D eigenvalue weighted by molar-refractivity contribution is 6.02. The minimum absolute atomic E-state index is 0.376. The van der Waals surface area contributed by atoms with Crippen molar-refractivity contribution in [3.05, 3.63) is 0 Å². The molecule has 0 bridgehead atoms. The third-order valence-corrected chi connectivity index (χ3v) is 1.17. The molecule has 0 atom stereocenters. The number of hydrogen-bond acceptors (Lipinski definition) is 6. The van der Waals surface area contributed by atoms with Gasteiger partial charge in [0.05, 0.1) is 11.4 Å². The average molecular weight is 214 g/mol. The molecule has 0 aromatic rings. The number of hydrogen-bond donors (Lipinski definition) is 0. The lowest BCUT2D eigenvalue weighted by molar-refractivity contribution is -0.141. The molecular weight excluding hydrogens is 200 g/mol. The topological polar surface area (TPSA) is 77.3 Å². The Morgan fingerprint density at radius 3 is 1.47 bits per heavy atom. The van der Waals surface area contributed by atoms with Gasteiger partial charge in [-0.1, -0.05) is 10.3 Å². The largest absolute Gasteiger partial charge is 0.331 e. The molecule has 0 radical (unpaired) electrons. The van der Waals surface area contributed by atoms with Crippen LogP contribution in [0.5, 0.6) is 0 Å². The van der Waals surface area contributed by atoms with E-state index in [0.29, 0.717) is 17.8 Å². The zero-order valence-corrected chi connectivity index (χ0v) is 9.23. The van der Waals surface area contributed by atoms with Crippen LogP contribution in [0.2, 0.25) is 0 Å². The van der Waals surface area contributed by atoms with E-state index in [1.54, 1.807) is 13.8 Å². The van der Waals surface area contributed by atoms with Gasteiger partial charge in [0.15, 0.2) is 0 Å². The van der Waals surface area contributed by atoms with Crippen LogP contribution in [-0.4, -0.2) is 23.4 Å². The Hall–Kier alpha value is -1.72. The summed E-state index contributed by atoms with van der Waals surface area (Å²) >= 11 is 0. The van der Waals surface area contributed by atoms with Crippen LogP contribution in [0.25, 0.3) is 0 Å². The molecule has 0 amide bonds. The molecule has 0 aliphatic carbocycles. The van der Waals surface area contributed by atoms with Gasteiger partial charge in [-0.05, 0) is 13.8 Å². The molecule has 0 N–H and O–H groups in total. The molecular formula is C9H14N2O4. The quantitative estimate of drug-likeness (QED) is 0.401. The molecule has 15 heavy (non-hydrogen) atoms. The number of carbonyl (C=O) groups excluding carboxylic acids is 2. The van der Waals surface area contributed by atoms with Crippen molar-refractivity contribution in [2.24, 2.45) is 10.3 Å². The van der Waals surface area contributed by atoms with Crippen LogP contribution in [0, 0.1) is 0 Å². The molecule has 0 aliphatic rings. The normalized spacial score (nSPS) is 12.3. The first-order valence-corrected chi connectivity index (χ1v) is 4.34. The highest BCUT2D eigenvalue weighted by atomic mass is 16.7. The molecule has 0 unspecified atom stereocenters. The van der Waals surface area contributed by atoms with E-state index in [1.807, 2.05) is 0 Å². The Morgan fingerprint density at radius 2 is 1.20 bits per heavy atom. The number of carbonyl (C=O) groups is 2. The summed E-state index contributed by atoms with van der Waals surface area (Å²) in [5.74, 6) is -0.965. The van der Waals surface area contributed by atoms with Crippen LogP contribution in [0.15, 0.2) is 10.3 Å². The summed E-state index contributed by atoms with van der Waals surface area (Å²) in [4.78, 5) is 29.7. The lowest BCUT2D eigenvalue weighted by atomic mass is 10.2. The summed E-state index contributed by atoms with van der Waals surface area (Å²) in [6.45, 7) is 5.87. The lowest BCUT2D eigenvalue weighted by Gasteiger charge is -1.98. The Morgan fingerprint density at radius 1 is 0.867 bits per heavy atom. The zero-order valence-electron chi connectivity index (χ0n) is 9.23. The van der Waals surface area contributed by atoms with Gasteiger partial charge in [-0.25, -0.2) is 9.59 Å². The predicted octanol–water partition coefficient (Wildman–Crippen LogP) is 1.25. The number of rotatable bonds is 4. The minimum atomic E-state index is -0.482. The summed E-state index contributed by atoms with van der Waals surface area (Å²) in [5.41, 5.74) is 1.14. The zero-order chi connectivity index (χ0) is 11.8. The van der Waals surface area contributed by atoms with Gasteiger partial charge in [-0.15, -0.1) is 0 Å². The Bertz CT molecular complexity index is 277. The molecule has 6 nitrogen and oxygen atoms in total. The second kappa shape index (κ2) is 6.69. The van der Waals surface area contributed by atoms with E-state index in [0.717, 1.165) is 0 Å². The summed E-state index contributed by atoms with van der Waals surface area (Å²) in [6, 6.07) is 0. The van der Waals surface area contributed by atoms with Gasteiger partial charge < -0.3 is 9.68 Å². The van der Waals surface area contributed by atoms with Crippen molar-refractivity contribution in [1.29, 1.82) is 0 Å². The summed E-state index contributed by atoms with van der Waals surface area (Å²) in [6.07, 6.45) is 0.376. The minimum Gasteiger partial charge on any atom is -0.319 e. The van der Waals surface area contributed by atoms with Crippen LogP contribution in [0.1, 0.15) is 34.1 Å². The average Bonchev–Trinajstić information content (AvgIpc) is 2.11. The van der Waals surface area contributed by atoms with Crippen molar-refractivity contribution >= 4 is 23.4 Å². The Labute approximate surface area is 87.9 Å². The van der Waals surface area contributed by atoms with Gasteiger partial charge in [0.25, 0.3) is 0 Å². The van der Waals surface area contributed by atoms with Crippen molar-refractivity contribution in [1.82, 2.24) is 0 Å². The van der Waals surface area contributed by atoms with Gasteiger partial charge >= 0.3 is 11.9 Å². The number of oxime groups is 2. The first-order chi connectivity index (χ1) is 6.91.